The second kappa shape index (κ2) is 5.35. The average molecular weight is 245 g/mol. The molecule has 0 aliphatic heterocycles. The highest BCUT2D eigenvalue weighted by molar-refractivity contribution is 5.91. The molecule has 5 nitrogen and oxygen atoms in total. The molecule has 2 heterocycles. The van der Waals surface area contributed by atoms with E-state index < -0.39 is 0 Å². The maximum absolute atomic E-state index is 11.7. The van der Waals surface area contributed by atoms with E-state index in [1.54, 1.807) is 23.0 Å². The normalized spacial score (nSPS) is 10.3. The van der Waals surface area contributed by atoms with Gasteiger partial charge in [0.15, 0.2) is 5.76 Å². The van der Waals surface area contributed by atoms with Crippen LogP contribution in [0.3, 0.4) is 0 Å². The van der Waals surface area contributed by atoms with Gasteiger partial charge < -0.3 is 9.73 Å². The van der Waals surface area contributed by atoms with Crippen molar-refractivity contribution in [3.63, 3.8) is 0 Å². The lowest BCUT2D eigenvalue weighted by Gasteiger charge is -2.01. The molecule has 18 heavy (non-hydrogen) atoms. The van der Waals surface area contributed by atoms with Crippen LogP contribution < -0.4 is 5.32 Å². The van der Waals surface area contributed by atoms with Gasteiger partial charge in [0, 0.05) is 18.9 Å². The second-order valence-corrected chi connectivity index (χ2v) is 4.11. The van der Waals surface area contributed by atoms with Crippen LogP contribution in [-0.2, 0) is 6.54 Å². The van der Waals surface area contributed by atoms with Gasteiger partial charge >= 0.3 is 0 Å². The Morgan fingerprint density at radius 3 is 3.06 bits per heavy atom. The zero-order valence-electron chi connectivity index (χ0n) is 10.2. The Balaban J connectivity index is 1.97. The summed E-state index contributed by atoms with van der Waals surface area (Å²) in [4.78, 5) is 11.7. The van der Waals surface area contributed by atoms with Crippen molar-refractivity contribution in [1.82, 2.24) is 15.1 Å². The van der Waals surface area contributed by atoms with E-state index in [1.807, 2.05) is 19.2 Å². The van der Waals surface area contributed by atoms with Crippen molar-refractivity contribution in [3.8, 4) is 0 Å². The van der Waals surface area contributed by atoms with E-state index in [-0.39, 0.29) is 5.91 Å². The molecule has 0 radical (unpaired) electrons. The lowest BCUT2D eigenvalue weighted by Crippen LogP contribution is -2.24. The molecule has 0 atom stereocenters. The molecular weight excluding hydrogens is 230 g/mol. The first kappa shape index (κ1) is 12.2. The van der Waals surface area contributed by atoms with Gasteiger partial charge in [0.2, 0.25) is 0 Å². The smallest absolute Gasteiger partial charge is 0.287 e. The third-order valence-electron chi connectivity index (χ3n) is 2.31. The summed E-state index contributed by atoms with van der Waals surface area (Å²) in [5.74, 6) is 0.766. The fraction of sp³-hybridized carbons (Fsp3) is 0.231. The van der Waals surface area contributed by atoms with Gasteiger partial charge in [0.25, 0.3) is 5.91 Å². The Morgan fingerprint density at radius 2 is 2.39 bits per heavy atom. The Labute approximate surface area is 105 Å². The number of hydrogen-bond acceptors (Lipinski definition) is 3. The highest BCUT2D eigenvalue weighted by atomic mass is 16.4. The summed E-state index contributed by atoms with van der Waals surface area (Å²) in [5.41, 5.74) is 0.895. The monoisotopic (exact) mass is 245 g/mol. The quantitative estimate of drug-likeness (QED) is 0.817. The largest absolute Gasteiger partial charge is 0.454 e. The summed E-state index contributed by atoms with van der Waals surface area (Å²) in [5, 5.41) is 6.79. The molecular formula is C13H15N3O2. The van der Waals surface area contributed by atoms with Crippen LogP contribution >= 0.6 is 0 Å². The molecule has 5 heteroatoms. The molecule has 2 aromatic heterocycles. The van der Waals surface area contributed by atoms with Gasteiger partial charge in [-0.1, -0.05) is 12.2 Å². The average Bonchev–Trinajstić information content (AvgIpc) is 2.98. The molecule has 2 rings (SSSR count). The highest BCUT2D eigenvalue weighted by Crippen LogP contribution is 2.09. The van der Waals surface area contributed by atoms with Crippen LogP contribution in [0.25, 0.3) is 0 Å². The topological polar surface area (TPSA) is 60.1 Å². The van der Waals surface area contributed by atoms with Crippen molar-refractivity contribution in [2.45, 2.75) is 13.5 Å². The lowest BCUT2D eigenvalue weighted by atomic mass is 10.3. The van der Waals surface area contributed by atoms with Gasteiger partial charge in [-0.25, -0.2) is 0 Å². The molecule has 0 unspecified atom stereocenters. The Bertz CT molecular complexity index is 540. The minimum Gasteiger partial charge on any atom is -0.454 e. The molecule has 0 aromatic carbocycles. The summed E-state index contributed by atoms with van der Waals surface area (Å²) in [6, 6.07) is 5.27. The zero-order chi connectivity index (χ0) is 13.0. The summed E-state index contributed by atoms with van der Waals surface area (Å²) >= 11 is 0. The Hall–Kier alpha value is -2.30. The van der Waals surface area contributed by atoms with Gasteiger partial charge in [-0.05, 0) is 25.1 Å². The van der Waals surface area contributed by atoms with E-state index in [1.165, 1.54) is 0 Å². The van der Waals surface area contributed by atoms with Crippen LogP contribution in [0.15, 0.2) is 47.2 Å². The van der Waals surface area contributed by atoms with Crippen molar-refractivity contribution in [3.05, 3.63) is 54.3 Å². The first-order valence-electron chi connectivity index (χ1n) is 5.64. The number of nitrogens with zero attached hydrogens (tertiary/aromatic N) is 2. The molecule has 0 spiro atoms. The SMILES string of the molecule is C=C(C)CNC(=O)c1ccc(Cn2cccn2)o1. The first-order chi connectivity index (χ1) is 8.65. The molecule has 0 aliphatic rings. The third-order valence-corrected chi connectivity index (χ3v) is 2.31. The standard InChI is InChI=1S/C13H15N3O2/c1-10(2)8-14-13(17)12-5-4-11(18-12)9-16-7-3-6-15-16/h3-7H,1,8-9H2,2H3,(H,14,17). The van der Waals surface area contributed by atoms with Crippen LogP contribution in [0.1, 0.15) is 23.2 Å². The summed E-state index contributed by atoms with van der Waals surface area (Å²) in [6.07, 6.45) is 3.53. The zero-order valence-corrected chi connectivity index (χ0v) is 10.2. The molecule has 0 saturated carbocycles. The molecule has 1 amide bonds. The number of carbonyl (C=O) groups is 1. The number of rotatable bonds is 5. The van der Waals surface area contributed by atoms with Crippen molar-refractivity contribution in [2.75, 3.05) is 6.54 Å². The van der Waals surface area contributed by atoms with Crippen LogP contribution in [0, 0.1) is 0 Å². The van der Waals surface area contributed by atoms with E-state index in [0.717, 1.165) is 5.57 Å². The number of furan rings is 1. The minimum absolute atomic E-state index is 0.232. The first-order valence-corrected chi connectivity index (χ1v) is 5.64. The third kappa shape index (κ3) is 3.10. The molecule has 0 aliphatic carbocycles. The Morgan fingerprint density at radius 1 is 1.56 bits per heavy atom. The predicted molar refractivity (Wildman–Crippen MR) is 67.2 cm³/mol. The minimum atomic E-state index is -0.232. The van der Waals surface area contributed by atoms with Crippen molar-refractivity contribution >= 4 is 5.91 Å². The second-order valence-electron chi connectivity index (χ2n) is 4.11. The van der Waals surface area contributed by atoms with Crippen LogP contribution in [0.4, 0.5) is 0 Å². The molecule has 2 aromatic rings. The van der Waals surface area contributed by atoms with Gasteiger partial charge in [-0.15, -0.1) is 0 Å². The molecule has 1 N–H and O–H groups in total. The highest BCUT2D eigenvalue weighted by Gasteiger charge is 2.10. The van der Waals surface area contributed by atoms with E-state index in [0.29, 0.717) is 24.6 Å². The maximum atomic E-state index is 11.7. The van der Waals surface area contributed by atoms with Crippen LogP contribution in [-0.4, -0.2) is 22.2 Å². The van der Waals surface area contributed by atoms with Gasteiger partial charge in [-0.2, -0.15) is 5.10 Å². The summed E-state index contributed by atoms with van der Waals surface area (Å²) in [7, 11) is 0. The van der Waals surface area contributed by atoms with Crippen LogP contribution in [0.2, 0.25) is 0 Å². The van der Waals surface area contributed by atoms with Crippen molar-refractivity contribution in [1.29, 1.82) is 0 Å². The number of nitrogens with one attached hydrogen (secondary N) is 1. The number of aromatic nitrogens is 2. The Kier molecular flexibility index (Phi) is 3.62. The van der Waals surface area contributed by atoms with E-state index in [9.17, 15) is 4.79 Å². The van der Waals surface area contributed by atoms with Crippen molar-refractivity contribution in [2.24, 2.45) is 0 Å². The molecule has 0 fully saturated rings. The predicted octanol–water partition coefficient (Wildman–Crippen LogP) is 1.83. The van der Waals surface area contributed by atoms with E-state index in [4.69, 9.17) is 4.42 Å². The lowest BCUT2D eigenvalue weighted by molar-refractivity contribution is 0.0927. The van der Waals surface area contributed by atoms with Crippen LogP contribution in [0.5, 0.6) is 0 Å². The van der Waals surface area contributed by atoms with Gasteiger partial charge in [0.05, 0.1) is 6.54 Å². The summed E-state index contributed by atoms with van der Waals surface area (Å²) < 4.78 is 7.18. The molecule has 0 saturated heterocycles. The van der Waals surface area contributed by atoms with E-state index >= 15 is 0 Å². The van der Waals surface area contributed by atoms with Crippen molar-refractivity contribution < 1.29 is 9.21 Å². The molecule has 94 valence electrons. The fourth-order valence-corrected chi connectivity index (χ4v) is 1.46. The molecule has 0 bridgehead atoms. The summed E-state index contributed by atoms with van der Waals surface area (Å²) in [6.45, 7) is 6.54. The number of hydrogen-bond donors (Lipinski definition) is 1. The number of amides is 1. The van der Waals surface area contributed by atoms with Gasteiger partial charge in [0.1, 0.15) is 5.76 Å². The van der Waals surface area contributed by atoms with E-state index in [2.05, 4.69) is 17.0 Å². The maximum Gasteiger partial charge on any atom is 0.287 e. The van der Waals surface area contributed by atoms with Gasteiger partial charge in [-0.3, -0.25) is 9.48 Å². The number of carbonyl (C=O) groups excluding carboxylic acids is 1. The fourth-order valence-electron chi connectivity index (χ4n) is 1.46.